The Morgan fingerprint density at radius 3 is 1.80 bits per heavy atom. The Kier molecular flexibility index (Phi) is 10.7. The summed E-state index contributed by atoms with van der Waals surface area (Å²) in [5.74, 6) is -0.319. The predicted molar refractivity (Wildman–Crippen MR) is 152 cm³/mol. The van der Waals surface area contributed by atoms with E-state index in [0.717, 1.165) is 11.6 Å². The Hall–Kier alpha value is -2.00. The number of hydrogen-bond donors (Lipinski definition) is 0. The smallest absolute Gasteiger partial charge is 0.336 e. The van der Waals surface area contributed by atoms with Crippen molar-refractivity contribution in [3.63, 3.8) is 0 Å². The van der Waals surface area contributed by atoms with Crippen LogP contribution in [0, 0.1) is 0 Å². The number of methoxy groups -OCH3 is 1. The van der Waals surface area contributed by atoms with Crippen molar-refractivity contribution < 1.29 is 18.7 Å². The lowest BCUT2D eigenvalue weighted by atomic mass is 10.1. The Balaban J connectivity index is 2.30. The fraction of sp³-hybridized carbons (Fsp3) is 0.483. The van der Waals surface area contributed by atoms with E-state index in [1.165, 1.54) is 17.5 Å². The Morgan fingerprint density at radius 2 is 1.37 bits per heavy atom. The molecule has 0 amide bonds. The lowest BCUT2D eigenvalue weighted by molar-refractivity contribution is -0.136. The van der Waals surface area contributed by atoms with E-state index in [2.05, 4.69) is 88.9 Å². The van der Waals surface area contributed by atoms with Gasteiger partial charge in [-0.3, -0.25) is 0 Å². The van der Waals surface area contributed by atoms with E-state index in [-0.39, 0.29) is 17.6 Å². The third kappa shape index (κ3) is 8.00. The van der Waals surface area contributed by atoms with Gasteiger partial charge in [-0.15, -0.1) is 0 Å². The van der Waals surface area contributed by atoms with Gasteiger partial charge in [-0.25, -0.2) is 4.79 Å². The molecule has 0 heterocycles. The molecule has 192 valence electrons. The number of rotatable bonds is 12. The molecule has 0 N–H and O–H groups in total. The highest BCUT2D eigenvalue weighted by Crippen LogP contribution is 2.37. The van der Waals surface area contributed by atoms with Gasteiger partial charge in [-0.1, -0.05) is 107 Å². The zero-order valence-corrected chi connectivity index (χ0v) is 24.9. The summed E-state index contributed by atoms with van der Waals surface area (Å²) in [4.78, 5) is 12.5. The van der Waals surface area contributed by atoms with Crippen molar-refractivity contribution in [1.29, 1.82) is 0 Å². The molecule has 2 rings (SSSR count). The maximum absolute atomic E-state index is 12.5. The normalized spacial score (nSPS) is 13.4. The summed E-state index contributed by atoms with van der Waals surface area (Å²) in [7, 11) is -2.37. The summed E-state index contributed by atoms with van der Waals surface area (Å²) in [6.45, 7) is 17.2. The molecule has 35 heavy (non-hydrogen) atoms. The molecule has 0 aliphatic heterocycles. The maximum Gasteiger partial charge on any atom is 0.336 e. The highest BCUT2D eigenvalue weighted by molar-refractivity contribution is 6.99. The maximum atomic E-state index is 12.5. The molecule has 0 atom stereocenters. The van der Waals surface area contributed by atoms with Crippen molar-refractivity contribution in [2.24, 2.45) is 0 Å². The largest absolute Gasteiger partial charge is 0.466 e. The van der Waals surface area contributed by atoms with E-state index in [9.17, 15) is 4.79 Å². The van der Waals surface area contributed by atoms with Crippen LogP contribution in [0.1, 0.15) is 34.1 Å². The van der Waals surface area contributed by atoms with Crippen LogP contribution in [0.5, 0.6) is 0 Å². The zero-order chi connectivity index (χ0) is 26.1. The van der Waals surface area contributed by atoms with Crippen molar-refractivity contribution in [1.82, 2.24) is 0 Å². The average Bonchev–Trinajstić information content (AvgIpc) is 2.81. The van der Waals surface area contributed by atoms with Crippen LogP contribution in [0.25, 0.3) is 0 Å². The number of benzene rings is 2. The number of carbonyl (C=O) groups excluding carboxylic acids is 1. The minimum absolute atomic E-state index is 0.0849. The van der Waals surface area contributed by atoms with Gasteiger partial charge < -0.3 is 13.9 Å². The molecule has 0 spiro atoms. The Labute approximate surface area is 214 Å². The Morgan fingerprint density at radius 1 is 0.857 bits per heavy atom. The molecule has 0 aliphatic carbocycles. The highest BCUT2D eigenvalue weighted by atomic mass is 28.4. The molecule has 2 aromatic carbocycles. The summed E-state index contributed by atoms with van der Waals surface area (Å²) in [6.07, 6.45) is 0.645. The lowest BCUT2D eigenvalue weighted by Gasteiger charge is -2.43. The van der Waals surface area contributed by atoms with Crippen molar-refractivity contribution >= 4 is 32.7 Å². The summed E-state index contributed by atoms with van der Waals surface area (Å²) in [5, 5.41) is 2.42. The van der Waals surface area contributed by atoms with Crippen LogP contribution in [-0.4, -0.2) is 49.3 Å². The topological polar surface area (TPSA) is 44.8 Å². The first-order valence-corrected chi connectivity index (χ1v) is 18.1. The molecular formula is C29H44O4Si2. The predicted octanol–water partition coefficient (Wildman–Crippen LogP) is 5.80. The second-order valence-corrected chi connectivity index (χ2v) is 21.3. The third-order valence-corrected chi connectivity index (χ3v) is 13.1. The summed E-state index contributed by atoms with van der Waals surface area (Å²) >= 11 is 0. The average molecular weight is 513 g/mol. The second kappa shape index (κ2) is 12.8. The summed E-state index contributed by atoms with van der Waals surface area (Å²) in [6, 6.07) is 22.3. The molecule has 2 aromatic rings. The highest BCUT2D eigenvalue weighted by Gasteiger charge is 2.50. The third-order valence-electron chi connectivity index (χ3n) is 6.40. The molecule has 0 bridgehead atoms. The van der Waals surface area contributed by atoms with E-state index >= 15 is 0 Å². The van der Waals surface area contributed by atoms with E-state index < -0.39 is 16.4 Å². The van der Waals surface area contributed by atoms with Crippen molar-refractivity contribution in [3.8, 4) is 0 Å². The van der Waals surface area contributed by atoms with Crippen molar-refractivity contribution in [2.45, 2.75) is 64.8 Å². The van der Waals surface area contributed by atoms with Gasteiger partial charge in [-0.2, -0.15) is 0 Å². The number of esters is 1. The minimum atomic E-state index is -2.60. The molecule has 0 aliphatic rings. The van der Waals surface area contributed by atoms with Gasteiger partial charge in [0.25, 0.3) is 8.32 Å². The fourth-order valence-corrected chi connectivity index (χ4v) is 9.62. The number of ether oxygens (including phenoxy) is 2. The molecule has 0 saturated carbocycles. The molecule has 0 saturated heterocycles. The van der Waals surface area contributed by atoms with Gasteiger partial charge in [0.2, 0.25) is 0 Å². The molecule has 6 heteroatoms. The first-order valence-electron chi connectivity index (χ1n) is 12.5. The van der Waals surface area contributed by atoms with Gasteiger partial charge in [0.15, 0.2) is 0 Å². The second-order valence-electron chi connectivity index (χ2n) is 11.4. The van der Waals surface area contributed by atoms with Crippen LogP contribution in [-0.2, 0) is 18.7 Å². The molecule has 0 aromatic heterocycles. The first-order chi connectivity index (χ1) is 16.4. The first kappa shape index (κ1) is 29.2. The van der Waals surface area contributed by atoms with Gasteiger partial charge in [0, 0.05) is 21.3 Å². The van der Waals surface area contributed by atoms with Crippen molar-refractivity contribution in [2.75, 3.05) is 26.9 Å². The van der Waals surface area contributed by atoms with Crippen LogP contribution in [0.4, 0.5) is 0 Å². The molecular weight excluding hydrogens is 468 g/mol. The van der Waals surface area contributed by atoms with Crippen LogP contribution < -0.4 is 10.4 Å². The van der Waals surface area contributed by atoms with Crippen LogP contribution in [0.3, 0.4) is 0 Å². The quantitative estimate of drug-likeness (QED) is 0.156. The Bertz CT molecular complexity index is 918. The molecule has 0 unspecified atom stereocenters. The zero-order valence-electron chi connectivity index (χ0n) is 22.9. The van der Waals surface area contributed by atoms with E-state index in [1.54, 1.807) is 0 Å². The van der Waals surface area contributed by atoms with Gasteiger partial charge in [0.05, 0.1) is 19.3 Å². The number of carbonyl (C=O) groups is 1. The monoisotopic (exact) mass is 512 g/mol. The van der Waals surface area contributed by atoms with Gasteiger partial charge in [-0.05, 0) is 34.8 Å². The van der Waals surface area contributed by atoms with Crippen molar-refractivity contribution in [3.05, 3.63) is 71.8 Å². The molecule has 0 radical (unpaired) electrons. The SMILES string of the molecule is COC(=O)/C(COCC[Si](C)(C)C)=C(/C)CCO[Si](c1ccccc1)(c1ccccc1)C(C)(C)C. The molecule has 0 fully saturated rings. The summed E-state index contributed by atoms with van der Waals surface area (Å²) < 4.78 is 18.0. The lowest BCUT2D eigenvalue weighted by Crippen LogP contribution is -2.66. The van der Waals surface area contributed by atoms with Crippen LogP contribution >= 0.6 is 0 Å². The summed E-state index contributed by atoms with van der Waals surface area (Å²) in [5.41, 5.74) is 1.57. The van der Waals surface area contributed by atoms with Crippen LogP contribution in [0.15, 0.2) is 71.8 Å². The van der Waals surface area contributed by atoms with E-state index in [1.807, 2.05) is 19.1 Å². The van der Waals surface area contributed by atoms with Crippen LogP contribution in [0.2, 0.25) is 30.7 Å². The van der Waals surface area contributed by atoms with Gasteiger partial charge >= 0.3 is 5.97 Å². The minimum Gasteiger partial charge on any atom is -0.466 e. The van der Waals surface area contributed by atoms with Gasteiger partial charge in [0.1, 0.15) is 0 Å². The van der Waals surface area contributed by atoms with E-state index in [0.29, 0.717) is 25.2 Å². The molecule has 4 nitrogen and oxygen atoms in total. The number of hydrogen-bond acceptors (Lipinski definition) is 4. The fourth-order valence-electron chi connectivity index (χ4n) is 4.30. The standard InChI is InChI=1S/C29H44O4Si2/c1-24(27(28(30)31-5)23-32-21-22-34(6,7)8)19-20-33-35(29(2,3)4,25-15-11-9-12-16-25)26-17-13-10-14-18-26/h9-18H,19-23H2,1-8H3/b27-24-. The van der Waals surface area contributed by atoms with E-state index in [4.69, 9.17) is 13.9 Å².